The second-order valence-electron chi connectivity index (χ2n) is 5.38. The molecule has 1 aromatic carbocycles. The van der Waals surface area contributed by atoms with Crippen LogP contribution in [0.5, 0.6) is 0 Å². The lowest BCUT2D eigenvalue weighted by Crippen LogP contribution is -2.27. The molecule has 104 valence electrons. The highest BCUT2D eigenvalue weighted by atomic mass is 16.3. The summed E-state index contributed by atoms with van der Waals surface area (Å²) < 4.78 is 1.90. The van der Waals surface area contributed by atoms with E-state index in [9.17, 15) is 9.90 Å². The third-order valence-corrected chi connectivity index (χ3v) is 4.13. The average Bonchev–Trinajstić information content (AvgIpc) is 3.01. The third kappa shape index (κ3) is 2.29. The second-order valence-corrected chi connectivity index (χ2v) is 5.38. The number of rotatable bonds is 3. The number of nitrogens with zero attached hydrogens (tertiary/aromatic N) is 1. The SMILES string of the molecule is O=c1c(CO)ccc(-c2ccccc2)n1C1CCCC1. The highest BCUT2D eigenvalue weighted by Crippen LogP contribution is 2.32. The molecule has 1 aromatic heterocycles. The lowest BCUT2D eigenvalue weighted by molar-refractivity contribution is 0.278. The average molecular weight is 269 g/mol. The zero-order valence-corrected chi connectivity index (χ0v) is 11.5. The normalized spacial score (nSPS) is 15.7. The van der Waals surface area contributed by atoms with Gasteiger partial charge in [-0.3, -0.25) is 4.79 Å². The van der Waals surface area contributed by atoms with E-state index in [2.05, 4.69) is 0 Å². The molecule has 1 heterocycles. The first-order chi connectivity index (χ1) is 9.81. The molecule has 3 heteroatoms. The maximum atomic E-state index is 12.6. The van der Waals surface area contributed by atoms with Crippen molar-refractivity contribution in [1.82, 2.24) is 4.57 Å². The summed E-state index contributed by atoms with van der Waals surface area (Å²) in [7, 11) is 0. The summed E-state index contributed by atoms with van der Waals surface area (Å²) in [6.07, 6.45) is 4.45. The summed E-state index contributed by atoms with van der Waals surface area (Å²) >= 11 is 0. The lowest BCUT2D eigenvalue weighted by Gasteiger charge is -2.20. The fourth-order valence-corrected chi connectivity index (χ4v) is 3.08. The molecule has 0 bridgehead atoms. The molecule has 1 N–H and O–H groups in total. The van der Waals surface area contributed by atoms with Gasteiger partial charge in [-0.05, 0) is 30.5 Å². The van der Waals surface area contributed by atoms with Crippen molar-refractivity contribution in [3.8, 4) is 11.3 Å². The largest absolute Gasteiger partial charge is 0.391 e. The van der Waals surface area contributed by atoms with Crippen molar-refractivity contribution in [2.75, 3.05) is 0 Å². The minimum absolute atomic E-state index is 0.0410. The molecule has 20 heavy (non-hydrogen) atoms. The Hall–Kier alpha value is -1.87. The summed E-state index contributed by atoms with van der Waals surface area (Å²) in [5.74, 6) is 0. The molecule has 0 saturated heterocycles. The molecule has 3 rings (SSSR count). The van der Waals surface area contributed by atoms with Gasteiger partial charge in [0.2, 0.25) is 0 Å². The standard InChI is InChI=1S/C17H19NO2/c19-12-14-10-11-16(13-6-2-1-3-7-13)18(17(14)20)15-8-4-5-9-15/h1-3,6-7,10-11,15,19H,4-5,8-9,12H2. The Morgan fingerprint density at radius 2 is 1.75 bits per heavy atom. The molecule has 1 fully saturated rings. The van der Waals surface area contributed by atoms with Crippen LogP contribution < -0.4 is 5.56 Å². The van der Waals surface area contributed by atoms with Crippen LogP contribution in [0.2, 0.25) is 0 Å². The molecule has 0 amide bonds. The van der Waals surface area contributed by atoms with Crippen molar-refractivity contribution in [2.24, 2.45) is 0 Å². The van der Waals surface area contributed by atoms with Gasteiger partial charge in [0, 0.05) is 11.6 Å². The minimum Gasteiger partial charge on any atom is -0.391 e. The van der Waals surface area contributed by atoms with Crippen molar-refractivity contribution in [2.45, 2.75) is 38.3 Å². The zero-order chi connectivity index (χ0) is 13.9. The van der Waals surface area contributed by atoms with Gasteiger partial charge in [-0.15, -0.1) is 0 Å². The van der Waals surface area contributed by atoms with E-state index in [1.807, 2.05) is 41.0 Å². The Balaban J connectivity index is 2.19. The molecular formula is C17H19NO2. The Kier molecular flexibility index (Phi) is 3.70. The number of benzene rings is 1. The first-order valence-corrected chi connectivity index (χ1v) is 7.22. The molecule has 1 aliphatic carbocycles. The van der Waals surface area contributed by atoms with Crippen molar-refractivity contribution in [3.05, 3.63) is 58.4 Å². The molecule has 0 radical (unpaired) electrons. The van der Waals surface area contributed by atoms with Crippen LogP contribution >= 0.6 is 0 Å². The number of aromatic nitrogens is 1. The lowest BCUT2D eigenvalue weighted by atomic mass is 10.1. The zero-order valence-electron chi connectivity index (χ0n) is 11.5. The van der Waals surface area contributed by atoms with Crippen molar-refractivity contribution >= 4 is 0 Å². The van der Waals surface area contributed by atoms with E-state index in [0.29, 0.717) is 5.56 Å². The van der Waals surface area contributed by atoms with Crippen LogP contribution in [0, 0.1) is 0 Å². The topological polar surface area (TPSA) is 42.2 Å². The summed E-state index contributed by atoms with van der Waals surface area (Å²) in [6, 6.07) is 14.0. The van der Waals surface area contributed by atoms with Crippen molar-refractivity contribution in [1.29, 1.82) is 0 Å². The van der Waals surface area contributed by atoms with Crippen molar-refractivity contribution < 1.29 is 5.11 Å². The maximum absolute atomic E-state index is 12.6. The molecule has 2 aromatic rings. The van der Waals surface area contributed by atoms with E-state index in [1.54, 1.807) is 6.07 Å². The minimum atomic E-state index is -0.194. The Bertz CT molecular complexity index is 640. The number of aliphatic hydroxyl groups excluding tert-OH is 1. The fraction of sp³-hybridized carbons (Fsp3) is 0.353. The van der Waals surface area contributed by atoms with E-state index in [4.69, 9.17) is 0 Å². The highest BCUT2D eigenvalue weighted by molar-refractivity contribution is 5.60. The number of aliphatic hydroxyl groups is 1. The van der Waals surface area contributed by atoms with Crippen LogP contribution in [0.4, 0.5) is 0 Å². The van der Waals surface area contributed by atoms with Gasteiger partial charge < -0.3 is 9.67 Å². The van der Waals surface area contributed by atoms with Gasteiger partial charge in [0.25, 0.3) is 5.56 Å². The highest BCUT2D eigenvalue weighted by Gasteiger charge is 2.22. The molecule has 0 atom stereocenters. The monoisotopic (exact) mass is 269 g/mol. The van der Waals surface area contributed by atoms with Gasteiger partial charge in [-0.25, -0.2) is 0 Å². The number of hydrogen-bond donors (Lipinski definition) is 1. The van der Waals surface area contributed by atoms with Gasteiger partial charge in [-0.1, -0.05) is 43.2 Å². The van der Waals surface area contributed by atoms with Crippen LogP contribution in [-0.4, -0.2) is 9.67 Å². The quantitative estimate of drug-likeness (QED) is 0.930. The molecule has 0 spiro atoms. The Morgan fingerprint density at radius 1 is 1.05 bits per heavy atom. The molecular weight excluding hydrogens is 250 g/mol. The third-order valence-electron chi connectivity index (χ3n) is 4.13. The summed E-state index contributed by atoms with van der Waals surface area (Å²) in [5.41, 5.74) is 2.46. The molecule has 0 aliphatic heterocycles. The van der Waals surface area contributed by atoms with Crippen LogP contribution in [0.15, 0.2) is 47.3 Å². The number of pyridine rings is 1. The smallest absolute Gasteiger partial charge is 0.256 e. The van der Waals surface area contributed by atoms with Gasteiger partial charge >= 0.3 is 0 Å². The Labute approximate surface area is 118 Å². The van der Waals surface area contributed by atoms with Gasteiger partial charge in [-0.2, -0.15) is 0 Å². The van der Waals surface area contributed by atoms with Gasteiger partial charge in [0.1, 0.15) is 0 Å². The molecule has 1 saturated carbocycles. The van der Waals surface area contributed by atoms with Gasteiger partial charge in [0.05, 0.1) is 12.3 Å². The maximum Gasteiger partial charge on any atom is 0.256 e. The molecule has 1 aliphatic rings. The van der Waals surface area contributed by atoms with Crippen LogP contribution in [0.3, 0.4) is 0 Å². The van der Waals surface area contributed by atoms with E-state index >= 15 is 0 Å². The van der Waals surface area contributed by atoms with E-state index in [1.165, 1.54) is 12.8 Å². The van der Waals surface area contributed by atoms with Crippen LogP contribution in [-0.2, 0) is 6.61 Å². The van der Waals surface area contributed by atoms with Crippen molar-refractivity contribution in [3.63, 3.8) is 0 Å². The number of hydrogen-bond acceptors (Lipinski definition) is 2. The Morgan fingerprint density at radius 3 is 2.40 bits per heavy atom. The van der Waals surface area contributed by atoms with Crippen LogP contribution in [0.1, 0.15) is 37.3 Å². The summed E-state index contributed by atoms with van der Waals surface area (Å²) in [5, 5.41) is 9.33. The fourth-order valence-electron chi connectivity index (χ4n) is 3.08. The predicted molar refractivity (Wildman–Crippen MR) is 79.6 cm³/mol. The second kappa shape index (κ2) is 5.63. The first kappa shape index (κ1) is 13.1. The van der Waals surface area contributed by atoms with E-state index in [0.717, 1.165) is 24.1 Å². The van der Waals surface area contributed by atoms with Gasteiger partial charge in [0.15, 0.2) is 0 Å². The van der Waals surface area contributed by atoms with E-state index in [-0.39, 0.29) is 18.2 Å². The van der Waals surface area contributed by atoms with Crippen LogP contribution in [0.25, 0.3) is 11.3 Å². The predicted octanol–water partition coefficient (Wildman–Crippen LogP) is 3.12. The molecule has 3 nitrogen and oxygen atoms in total. The summed E-state index contributed by atoms with van der Waals surface area (Å²) in [6.45, 7) is -0.194. The first-order valence-electron chi connectivity index (χ1n) is 7.22. The van der Waals surface area contributed by atoms with E-state index < -0.39 is 0 Å². The summed E-state index contributed by atoms with van der Waals surface area (Å²) in [4.78, 5) is 12.6. The molecule has 0 unspecified atom stereocenters.